The Morgan fingerprint density at radius 3 is 2.86 bits per heavy atom. The lowest BCUT2D eigenvalue weighted by Crippen LogP contribution is -2.37. The molecular weight excluding hydrogens is 180 g/mol. The van der Waals surface area contributed by atoms with Gasteiger partial charge in [0.25, 0.3) is 0 Å². The first kappa shape index (κ1) is 8.89. The number of ether oxygens (including phenoxy) is 2. The summed E-state index contributed by atoms with van der Waals surface area (Å²) < 4.78 is 11.7. The molecule has 1 saturated heterocycles. The minimum atomic E-state index is -0.520. The third-order valence-corrected chi connectivity index (χ3v) is 3.40. The molecule has 14 heavy (non-hydrogen) atoms. The Morgan fingerprint density at radius 1 is 1.43 bits per heavy atom. The van der Waals surface area contributed by atoms with Crippen molar-refractivity contribution < 1.29 is 14.6 Å². The highest BCUT2D eigenvalue weighted by Crippen LogP contribution is 2.57. The van der Waals surface area contributed by atoms with Crippen molar-refractivity contribution in [2.75, 3.05) is 6.61 Å². The molecule has 0 radical (unpaired) electrons. The molecule has 0 amide bonds. The van der Waals surface area contributed by atoms with E-state index in [0.717, 1.165) is 6.42 Å². The van der Waals surface area contributed by atoms with Crippen LogP contribution in [0.5, 0.6) is 0 Å². The van der Waals surface area contributed by atoms with Gasteiger partial charge in [-0.15, -0.1) is 0 Å². The van der Waals surface area contributed by atoms with E-state index in [1.54, 1.807) is 0 Å². The van der Waals surface area contributed by atoms with Crippen molar-refractivity contribution >= 4 is 0 Å². The van der Waals surface area contributed by atoms with Crippen LogP contribution in [0.1, 0.15) is 20.3 Å². The summed E-state index contributed by atoms with van der Waals surface area (Å²) >= 11 is 0. The van der Waals surface area contributed by atoms with E-state index in [1.165, 1.54) is 0 Å². The fourth-order valence-electron chi connectivity index (χ4n) is 2.60. The zero-order valence-electron chi connectivity index (χ0n) is 8.56. The zero-order chi connectivity index (χ0) is 9.97. The normalized spacial score (nSPS) is 53.5. The van der Waals surface area contributed by atoms with Gasteiger partial charge < -0.3 is 14.6 Å². The fourth-order valence-corrected chi connectivity index (χ4v) is 2.60. The standard InChI is InChI=1S/C11H16O3/c1-10(2)6-13-11(14-10)4-3-9(12)7-5-8(7)11/h3-4,7-9,12H,5-6H2,1-2H3. The first-order valence-corrected chi connectivity index (χ1v) is 5.24. The van der Waals surface area contributed by atoms with E-state index in [0.29, 0.717) is 18.4 Å². The maximum atomic E-state index is 9.60. The molecule has 78 valence electrons. The molecule has 3 aliphatic rings. The molecule has 1 N–H and O–H groups in total. The number of hydrogen-bond acceptors (Lipinski definition) is 3. The number of hydrogen-bond donors (Lipinski definition) is 1. The maximum Gasteiger partial charge on any atom is 0.191 e. The number of aliphatic hydroxyl groups excluding tert-OH is 1. The Hall–Kier alpha value is -0.380. The summed E-state index contributed by atoms with van der Waals surface area (Å²) in [5, 5.41) is 9.60. The van der Waals surface area contributed by atoms with E-state index >= 15 is 0 Å². The summed E-state index contributed by atoms with van der Waals surface area (Å²) in [6.45, 7) is 4.71. The number of fused-ring (bicyclic) bond motifs is 2. The van der Waals surface area contributed by atoms with Crippen molar-refractivity contribution in [3.05, 3.63) is 12.2 Å². The van der Waals surface area contributed by atoms with Crippen LogP contribution in [0.15, 0.2) is 12.2 Å². The molecule has 1 saturated carbocycles. The molecule has 0 aromatic rings. The van der Waals surface area contributed by atoms with Crippen LogP contribution in [-0.2, 0) is 9.47 Å². The maximum absolute atomic E-state index is 9.60. The Labute approximate surface area is 83.7 Å². The summed E-state index contributed by atoms with van der Waals surface area (Å²) in [5.41, 5.74) is -0.195. The molecule has 1 aliphatic heterocycles. The van der Waals surface area contributed by atoms with Gasteiger partial charge in [-0.2, -0.15) is 0 Å². The summed E-state index contributed by atoms with van der Waals surface area (Å²) in [5.74, 6) is 0.200. The van der Waals surface area contributed by atoms with E-state index in [2.05, 4.69) is 0 Å². The Bertz CT molecular complexity index is 297. The Morgan fingerprint density at radius 2 is 2.21 bits per heavy atom. The van der Waals surface area contributed by atoms with Crippen LogP contribution in [0.25, 0.3) is 0 Å². The highest BCUT2D eigenvalue weighted by atomic mass is 16.8. The average Bonchev–Trinajstić information content (AvgIpc) is 2.84. The van der Waals surface area contributed by atoms with Gasteiger partial charge in [-0.05, 0) is 32.3 Å². The van der Waals surface area contributed by atoms with Crippen molar-refractivity contribution in [2.24, 2.45) is 11.8 Å². The Kier molecular flexibility index (Phi) is 1.53. The van der Waals surface area contributed by atoms with Crippen LogP contribution in [0.2, 0.25) is 0 Å². The smallest absolute Gasteiger partial charge is 0.191 e. The van der Waals surface area contributed by atoms with Crippen LogP contribution < -0.4 is 0 Å². The van der Waals surface area contributed by atoms with Gasteiger partial charge in [0.2, 0.25) is 0 Å². The second-order valence-corrected chi connectivity index (χ2v) is 5.23. The molecule has 0 aromatic heterocycles. The predicted molar refractivity (Wildman–Crippen MR) is 50.6 cm³/mol. The van der Waals surface area contributed by atoms with Crippen molar-refractivity contribution in [3.63, 3.8) is 0 Å². The summed E-state index contributed by atoms with van der Waals surface area (Å²) in [6.07, 6.45) is 4.45. The quantitative estimate of drug-likeness (QED) is 0.589. The lowest BCUT2D eigenvalue weighted by molar-refractivity contribution is -0.167. The lowest BCUT2D eigenvalue weighted by atomic mass is 9.99. The highest BCUT2D eigenvalue weighted by molar-refractivity contribution is 5.20. The van der Waals surface area contributed by atoms with Crippen molar-refractivity contribution in [1.82, 2.24) is 0 Å². The minimum Gasteiger partial charge on any atom is -0.389 e. The second kappa shape index (κ2) is 2.40. The molecule has 0 aromatic carbocycles. The van der Waals surface area contributed by atoms with Crippen LogP contribution in [0.4, 0.5) is 0 Å². The average molecular weight is 196 g/mol. The molecule has 4 unspecified atom stereocenters. The number of aliphatic hydroxyl groups is 1. The second-order valence-electron chi connectivity index (χ2n) is 5.23. The Balaban J connectivity index is 1.89. The van der Waals surface area contributed by atoms with Gasteiger partial charge in [0.1, 0.15) is 0 Å². The first-order chi connectivity index (χ1) is 6.53. The van der Waals surface area contributed by atoms with Gasteiger partial charge in [-0.1, -0.05) is 6.08 Å². The highest BCUT2D eigenvalue weighted by Gasteiger charge is 2.62. The molecule has 4 atom stereocenters. The first-order valence-electron chi connectivity index (χ1n) is 5.24. The van der Waals surface area contributed by atoms with Crippen LogP contribution >= 0.6 is 0 Å². The van der Waals surface area contributed by atoms with Gasteiger partial charge in [0, 0.05) is 5.92 Å². The fraction of sp³-hybridized carbons (Fsp3) is 0.818. The summed E-state index contributed by atoms with van der Waals surface area (Å²) in [7, 11) is 0. The third-order valence-electron chi connectivity index (χ3n) is 3.40. The minimum absolute atomic E-state index is 0.195. The zero-order valence-corrected chi connectivity index (χ0v) is 8.56. The molecule has 1 heterocycles. The van der Waals surface area contributed by atoms with Crippen LogP contribution in [0.3, 0.4) is 0 Å². The predicted octanol–water partition coefficient (Wildman–Crippen LogP) is 1.07. The van der Waals surface area contributed by atoms with Gasteiger partial charge in [-0.25, -0.2) is 0 Å². The summed E-state index contributed by atoms with van der Waals surface area (Å²) in [4.78, 5) is 0. The molecule has 2 fully saturated rings. The SMILES string of the molecule is CC1(C)COC2(C=CC(O)C3CC32)O1. The molecule has 0 bridgehead atoms. The lowest BCUT2D eigenvalue weighted by Gasteiger charge is -2.30. The van der Waals surface area contributed by atoms with E-state index in [4.69, 9.17) is 9.47 Å². The number of rotatable bonds is 0. The molecular formula is C11H16O3. The monoisotopic (exact) mass is 196 g/mol. The molecule has 2 aliphatic carbocycles. The van der Waals surface area contributed by atoms with Gasteiger partial charge in [-0.3, -0.25) is 0 Å². The van der Waals surface area contributed by atoms with Crippen LogP contribution in [0, 0.1) is 11.8 Å². The van der Waals surface area contributed by atoms with Gasteiger partial charge in [0.05, 0.1) is 18.3 Å². The molecule has 3 nitrogen and oxygen atoms in total. The van der Waals surface area contributed by atoms with Crippen LogP contribution in [-0.4, -0.2) is 29.2 Å². The van der Waals surface area contributed by atoms with Crippen molar-refractivity contribution in [2.45, 2.75) is 37.8 Å². The van der Waals surface area contributed by atoms with Gasteiger partial charge in [0.15, 0.2) is 5.79 Å². The van der Waals surface area contributed by atoms with Gasteiger partial charge >= 0.3 is 0 Å². The van der Waals surface area contributed by atoms with Crippen molar-refractivity contribution in [3.8, 4) is 0 Å². The van der Waals surface area contributed by atoms with E-state index in [9.17, 15) is 5.11 Å². The van der Waals surface area contributed by atoms with E-state index in [1.807, 2.05) is 26.0 Å². The molecule has 3 heteroatoms. The van der Waals surface area contributed by atoms with E-state index < -0.39 is 5.79 Å². The third kappa shape index (κ3) is 1.09. The summed E-state index contributed by atoms with van der Waals surface area (Å²) in [6, 6.07) is 0. The molecule has 1 spiro atoms. The van der Waals surface area contributed by atoms with Crippen molar-refractivity contribution in [1.29, 1.82) is 0 Å². The molecule has 3 rings (SSSR count). The largest absolute Gasteiger partial charge is 0.389 e. The van der Waals surface area contributed by atoms with E-state index in [-0.39, 0.29) is 11.7 Å². The topological polar surface area (TPSA) is 38.7 Å².